The van der Waals surface area contributed by atoms with E-state index in [1.165, 1.54) is 7.11 Å². The van der Waals surface area contributed by atoms with Crippen LogP contribution in [-0.2, 0) is 4.79 Å². The number of aliphatic carboxylic acids is 1. The number of nitrogen functional groups attached to an aromatic ring is 1. The van der Waals surface area contributed by atoms with Crippen molar-refractivity contribution in [3.63, 3.8) is 0 Å². The van der Waals surface area contributed by atoms with Gasteiger partial charge in [0.05, 0.1) is 18.1 Å². The van der Waals surface area contributed by atoms with Crippen molar-refractivity contribution in [1.82, 2.24) is 5.32 Å². The van der Waals surface area contributed by atoms with E-state index in [1.54, 1.807) is 25.1 Å². The molecule has 2 unspecified atom stereocenters. The number of carbonyl (C=O) groups is 2. The maximum atomic E-state index is 12.3. The second-order valence-corrected chi connectivity index (χ2v) is 5.59. The largest absolute Gasteiger partial charge is 0.497 e. The third-order valence-corrected chi connectivity index (χ3v) is 4.26. The van der Waals surface area contributed by atoms with E-state index in [9.17, 15) is 14.7 Å². The van der Waals surface area contributed by atoms with Gasteiger partial charge < -0.3 is 20.9 Å². The van der Waals surface area contributed by atoms with Gasteiger partial charge in [0.15, 0.2) is 0 Å². The predicted octanol–water partition coefficient (Wildman–Crippen LogP) is 1.65. The van der Waals surface area contributed by atoms with E-state index in [0.717, 1.165) is 6.42 Å². The second kappa shape index (κ2) is 5.63. The highest BCUT2D eigenvalue weighted by molar-refractivity contribution is 5.99. The molecule has 0 spiro atoms. The minimum atomic E-state index is -0.920. The molecule has 0 radical (unpaired) electrons. The number of hydrogen-bond donors (Lipinski definition) is 3. The van der Waals surface area contributed by atoms with E-state index in [0.29, 0.717) is 29.8 Å². The summed E-state index contributed by atoms with van der Waals surface area (Å²) in [7, 11) is 1.52. The van der Waals surface area contributed by atoms with E-state index < -0.39 is 11.4 Å². The Morgan fingerprint density at radius 1 is 1.48 bits per heavy atom. The number of methoxy groups -OCH3 is 1. The summed E-state index contributed by atoms with van der Waals surface area (Å²) in [5.74, 6) is -0.664. The van der Waals surface area contributed by atoms with Gasteiger partial charge in [0, 0.05) is 17.8 Å². The molecule has 2 rings (SSSR count). The van der Waals surface area contributed by atoms with Crippen LogP contribution >= 0.6 is 0 Å². The Morgan fingerprint density at radius 3 is 2.76 bits per heavy atom. The lowest BCUT2D eigenvalue weighted by Crippen LogP contribution is -2.47. The summed E-state index contributed by atoms with van der Waals surface area (Å²) in [5.41, 5.74) is 5.56. The molecule has 1 amide bonds. The molecule has 1 aliphatic carbocycles. The first-order valence-corrected chi connectivity index (χ1v) is 6.86. The van der Waals surface area contributed by atoms with Gasteiger partial charge in [0.25, 0.3) is 5.91 Å². The van der Waals surface area contributed by atoms with Crippen molar-refractivity contribution < 1.29 is 19.4 Å². The lowest BCUT2D eigenvalue weighted by atomic mass is 9.85. The van der Waals surface area contributed by atoms with Crippen LogP contribution in [0.15, 0.2) is 18.2 Å². The lowest BCUT2D eigenvalue weighted by Gasteiger charge is -2.27. The zero-order valence-electron chi connectivity index (χ0n) is 12.2. The molecule has 2 atom stereocenters. The van der Waals surface area contributed by atoms with E-state index in [4.69, 9.17) is 10.5 Å². The maximum absolute atomic E-state index is 12.3. The molecule has 0 aromatic heterocycles. The number of carbonyl (C=O) groups excluding carboxylic acids is 1. The fraction of sp³-hybridized carbons (Fsp3) is 0.467. The van der Waals surface area contributed by atoms with E-state index in [-0.39, 0.29) is 11.9 Å². The van der Waals surface area contributed by atoms with Crippen LogP contribution in [-0.4, -0.2) is 30.1 Å². The highest BCUT2D eigenvalue weighted by atomic mass is 16.5. The average molecular weight is 292 g/mol. The number of carboxylic acid groups (broad SMARTS) is 1. The van der Waals surface area contributed by atoms with Gasteiger partial charge >= 0.3 is 5.97 Å². The molecule has 1 saturated carbocycles. The van der Waals surface area contributed by atoms with Gasteiger partial charge in [-0.2, -0.15) is 0 Å². The summed E-state index contributed by atoms with van der Waals surface area (Å²) in [5, 5.41) is 12.2. The molecule has 114 valence electrons. The van der Waals surface area contributed by atoms with Crippen LogP contribution in [0, 0.1) is 5.41 Å². The Labute approximate surface area is 123 Å². The van der Waals surface area contributed by atoms with Gasteiger partial charge in [-0.15, -0.1) is 0 Å². The molecule has 6 heteroatoms. The fourth-order valence-corrected chi connectivity index (χ4v) is 2.76. The average Bonchev–Trinajstić information content (AvgIpc) is 2.81. The summed E-state index contributed by atoms with van der Waals surface area (Å²) in [4.78, 5) is 23.7. The van der Waals surface area contributed by atoms with Gasteiger partial charge in [0.1, 0.15) is 5.75 Å². The Bertz CT molecular complexity index is 573. The Morgan fingerprint density at radius 2 is 2.19 bits per heavy atom. The first kappa shape index (κ1) is 15.2. The fourth-order valence-electron chi connectivity index (χ4n) is 2.76. The number of amides is 1. The summed E-state index contributed by atoms with van der Waals surface area (Å²) in [6, 6.07) is 4.41. The monoisotopic (exact) mass is 292 g/mol. The van der Waals surface area contributed by atoms with Crippen LogP contribution in [0.3, 0.4) is 0 Å². The number of anilines is 1. The first-order valence-electron chi connectivity index (χ1n) is 6.86. The standard InChI is InChI=1S/C15H20N2O4/c1-15(14(19)20)7-3-4-12(15)17-13(18)10-6-5-9(21-2)8-11(10)16/h5-6,8,12H,3-4,7,16H2,1-2H3,(H,17,18)(H,19,20). The normalized spacial score (nSPS) is 24.6. The molecule has 1 aromatic carbocycles. The van der Waals surface area contributed by atoms with Crippen molar-refractivity contribution in [2.75, 3.05) is 12.8 Å². The van der Waals surface area contributed by atoms with Crippen LogP contribution in [0.5, 0.6) is 5.75 Å². The number of benzene rings is 1. The minimum Gasteiger partial charge on any atom is -0.497 e. The zero-order valence-corrected chi connectivity index (χ0v) is 12.2. The summed E-state index contributed by atoms with van der Waals surface area (Å²) >= 11 is 0. The van der Waals surface area contributed by atoms with Crippen molar-refractivity contribution in [3.8, 4) is 5.75 Å². The first-order chi connectivity index (χ1) is 9.88. The van der Waals surface area contributed by atoms with Crippen LogP contribution in [0.25, 0.3) is 0 Å². The molecule has 21 heavy (non-hydrogen) atoms. The highest BCUT2D eigenvalue weighted by Gasteiger charge is 2.46. The number of carboxylic acids is 1. The number of hydrogen-bond acceptors (Lipinski definition) is 4. The third-order valence-electron chi connectivity index (χ3n) is 4.26. The van der Waals surface area contributed by atoms with Crippen molar-refractivity contribution in [1.29, 1.82) is 0 Å². The van der Waals surface area contributed by atoms with Crippen molar-refractivity contribution in [3.05, 3.63) is 23.8 Å². The number of ether oxygens (including phenoxy) is 1. The van der Waals surface area contributed by atoms with E-state index in [2.05, 4.69) is 5.32 Å². The molecule has 0 bridgehead atoms. The van der Waals surface area contributed by atoms with Gasteiger partial charge in [-0.1, -0.05) is 6.42 Å². The quantitative estimate of drug-likeness (QED) is 0.732. The van der Waals surface area contributed by atoms with Crippen LogP contribution < -0.4 is 15.8 Å². The number of nitrogens with one attached hydrogen (secondary N) is 1. The van der Waals surface area contributed by atoms with E-state index >= 15 is 0 Å². The minimum absolute atomic E-state index is 0.307. The van der Waals surface area contributed by atoms with Crippen molar-refractivity contribution >= 4 is 17.6 Å². The molecular formula is C15H20N2O4. The summed E-state index contributed by atoms with van der Waals surface area (Å²) in [6.45, 7) is 1.67. The van der Waals surface area contributed by atoms with E-state index in [1.807, 2.05) is 0 Å². The van der Waals surface area contributed by atoms with Crippen molar-refractivity contribution in [2.24, 2.45) is 5.41 Å². The molecule has 0 aliphatic heterocycles. The molecule has 0 heterocycles. The lowest BCUT2D eigenvalue weighted by molar-refractivity contribution is -0.148. The second-order valence-electron chi connectivity index (χ2n) is 5.59. The molecule has 6 nitrogen and oxygen atoms in total. The Kier molecular flexibility index (Phi) is 4.06. The summed E-state index contributed by atoms with van der Waals surface area (Å²) < 4.78 is 5.04. The van der Waals surface area contributed by atoms with Gasteiger partial charge in [-0.25, -0.2) is 0 Å². The van der Waals surface area contributed by atoms with Crippen LogP contribution in [0.2, 0.25) is 0 Å². The highest BCUT2D eigenvalue weighted by Crippen LogP contribution is 2.38. The Balaban J connectivity index is 2.16. The number of nitrogens with two attached hydrogens (primary N) is 1. The van der Waals surface area contributed by atoms with Gasteiger partial charge in [-0.3, -0.25) is 9.59 Å². The van der Waals surface area contributed by atoms with Crippen LogP contribution in [0.1, 0.15) is 36.5 Å². The SMILES string of the molecule is COc1ccc(C(=O)NC2CCCC2(C)C(=O)O)c(N)c1. The Hall–Kier alpha value is -2.24. The van der Waals surface area contributed by atoms with Gasteiger partial charge in [0.2, 0.25) is 0 Å². The molecule has 1 fully saturated rings. The van der Waals surface area contributed by atoms with Crippen molar-refractivity contribution in [2.45, 2.75) is 32.2 Å². The molecule has 0 saturated heterocycles. The molecule has 1 aliphatic rings. The third kappa shape index (κ3) is 2.79. The van der Waals surface area contributed by atoms with Gasteiger partial charge in [-0.05, 0) is 31.9 Å². The zero-order chi connectivity index (χ0) is 15.6. The molecule has 4 N–H and O–H groups in total. The van der Waals surface area contributed by atoms with Crippen LogP contribution in [0.4, 0.5) is 5.69 Å². The molecular weight excluding hydrogens is 272 g/mol. The predicted molar refractivity (Wildman–Crippen MR) is 78.3 cm³/mol. The maximum Gasteiger partial charge on any atom is 0.311 e. The summed E-state index contributed by atoms with van der Waals surface area (Å²) in [6.07, 6.45) is 2.00. The topological polar surface area (TPSA) is 102 Å². The number of rotatable bonds is 4. The molecule has 1 aromatic rings. The smallest absolute Gasteiger partial charge is 0.311 e.